The molecule has 0 aliphatic rings. The van der Waals surface area contributed by atoms with E-state index < -0.39 is 10.0 Å². The van der Waals surface area contributed by atoms with Gasteiger partial charge in [0.1, 0.15) is 0 Å². The van der Waals surface area contributed by atoms with Gasteiger partial charge < -0.3 is 0 Å². The Morgan fingerprint density at radius 3 is 1.97 bits per heavy atom. The first-order valence-corrected chi connectivity index (χ1v) is 10.8. The lowest BCUT2D eigenvalue weighted by molar-refractivity contribution is 0.103. The maximum absolute atomic E-state index is 13.0. The number of rotatable bonds is 7. The molecule has 0 spiro atoms. The minimum absolute atomic E-state index is 0.0994. The zero-order valence-electron chi connectivity index (χ0n) is 16.4. The van der Waals surface area contributed by atoms with Gasteiger partial charge >= 0.3 is 0 Å². The predicted molar refractivity (Wildman–Crippen MR) is 116 cm³/mol. The van der Waals surface area contributed by atoms with E-state index in [0.29, 0.717) is 11.1 Å². The molecule has 0 radical (unpaired) electrons. The van der Waals surface area contributed by atoms with Crippen molar-refractivity contribution in [2.45, 2.75) is 18.7 Å². The zero-order valence-corrected chi connectivity index (χ0v) is 17.2. The fourth-order valence-electron chi connectivity index (χ4n) is 2.81. The van der Waals surface area contributed by atoms with Crippen molar-refractivity contribution in [1.82, 2.24) is 4.72 Å². The van der Waals surface area contributed by atoms with Crippen LogP contribution in [0.15, 0.2) is 89.3 Å². The number of hydrogen-bond donors (Lipinski definition) is 1. The van der Waals surface area contributed by atoms with E-state index in [1.807, 2.05) is 44.2 Å². The molecule has 4 nitrogen and oxygen atoms in total. The number of nitrogens with one attached hydrogen (secondary N) is 1. The van der Waals surface area contributed by atoms with E-state index in [2.05, 4.69) is 4.72 Å². The van der Waals surface area contributed by atoms with Crippen molar-refractivity contribution < 1.29 is 13.2 Å². The van der Waals surface area contributed by atoms with Crippen LogP contribution in [-0.2, 0) is 10.0 Å². The SMILES string of the molecule is Cc1ccc(/C=C(\CNS(=O)(=O)c2ccc(C)cc2)C(=O)c2ccccc2)cc1. The zero-order chi connectivity index (χ0) is 20.9. The molecule has 0 saturated heterocycles. The van der Waals surface area contributed by atoms with Gasteiger partial charge in [0.25, 0.3) is 0 Å². The summed E-state index contributed by atoms with van der Waals surface area (Å²) in [6, 6.07) is 23.2. The lowest BCUT2D eigenvalue weighted by Gasteiger charge is -2.11. The Kier molecular flexibility index (Phi) is 6.42. The Balaban J connectivity index is 1.89. The molecule has 0 aliphatic heterocycles. The number of hydrogen-bond acceptors (Lipinski definition) is 3. The molecule has 0 bridgehead atoms. The number of Topliss-reactive ketones (excluding diaryl/α,β-unsaturated/α-hetero) is 1. The lowest BCUT2D eigenvalue weighted by Crippen LogP contribution is -2.28. The fraction of sp³-hybridized carbons (Fsp3) is 0.125. The van der Waals surface area contributed by atoms with Gasteiger partial charge in [0, 0.05) is 17.7 Å². The molecular formula is C24H23NO3S. The van der Waals surface area contributed by atoms with Crippen LogP contribution in [0.3, 0.4) is 0 Å². The van der Waals surface area contributed by atoms with Crippen LogP contribution in [0.1, 0.15) is 27.0 Å². The summed E-state index contributed by atoms with van der Waals surface area (Å²) >= 11 is 0. The summed E-state index contributed by atoms with van der Waals surface area (Å²) in [6.07, 6.45) is 1.73. The quantitative estimate of drug-likeness (QED) is 0.463. The second kappa shape index (κ2) is 8.99. The molecule has 0 unspecified atom stereocenters. The van der Waals surface area contributed by atoms with Gasteiger partial charge in [-0.1, -0.05) is 77.9 Å². The third kappa shape index (κ3) is 5.50. The first-order chi connectivity index (χ1) is 13.8. The van der Waals surface area contributed by atoms with Crippen molar-refractivity contribution in [2.75, 3.05) is 6.54 Å². The van der Waals surface area contributed by atoms with Crippen LogP contribution in [0.2, 0.25) is 0 Å². The van der Waals surface area contributed by atoms with E-state index in [9.17, 15) is 13.2 Å². The summed E-state index contributed by atoms with van der Waals surface area (Å²) < 4.78 is 27.9. The topological polar surface area (TPSA) is 63.2 Å². The maximum atomic E-state index is 13.0. The number of aryl methyl sites for hydroxylation is 2. The van der Waals surface area contributed by atoms with E-state index in [4.69, 9.17) is 0 Å². The van der Waals surface area contributed by atoms with Crippen LogP contribution >= 0.6 is 0 Å². The molecule has 3 aromatic rings. The molecule has 3 rings (SSSR count). The Bertz CT molecular complexity index is 1120. The van der Waals surface area contributed by atoms with E-state index in [1.54, 1.807) is 54.6 Å². The van der Waals surface area contributed by atoms with Gasteiger partial charge in [-0.3, -0.25) is 4.79 Å². The molecule has 148 valence electrons. The highest BCUT2D eigenvalue weighted by atomic mass is 32.2. The smallest absolute Gasteiger partial charge is 0.240 e. The Morgan fingerprint density at radius 2 is 1.38 bits per heavy atom. The van der Waals surface area contributed by atoms with Crippen LogP contribution in [0.5, 0.6) is 0 Å². The number of sulfonamides is 1. The van der Waals surface area contributed by atoms with Crippen LogP contribution in [0.4, 0.5) is 0 Å². The fourth-order valence-corrected chi connectivity index (χ4v) is 3.82. The monoisotopic (exact) mass is 405 g/mol. The van der Waals surface area contributed by atoms with Gasteiger partial charge in [0.15, 0.2) is 5.78 Å². The van der Waals surface area contributed by atoms with Gasteiger partial charge in [-0.25, -0.2) is 13.1 Å². The Morgan fingerprint density at radius 1 is 0.828 bits per heavy atom. The van der Waals surface area contributed by atoms with Gasteiger partial charge in [-0.15, -0.1) is 0 Å². The van der Waals surface area contributed by atoms with E-state index >= 15 is 0 Å². The average molecular weight is 406 g/mol. The summed E-state index contributed by atoms with van der Waals surface area (Å²) in [5, 5.41) is 0. The van der Waals surface area contributed by atoms with E-state index in [1.165, 1.54) is 0 Å². The van der Waals surface area contributed by atoms with Crippen molar-refractivity contribution >= 4 is 21.9 Å². The molecule has 1 N–H and O–H groups in total. The average Bonchev–Trinajstić information content (AvgIpc) is 2.73. The highest BCUT2D eigenvalue weighted by Crippen LogP contribution is 2.15. The number of benzene rings is 3. The van der Waals surface area contributed by atoms with Crippen molar-refractivity contribution in [3.05, 3.63) is 107 Å². The minimum atomic E-state index is -3.73. The normalized spacial score (nSPS) is 12.0. The molecule has 0 aromatic heterocycles. The molecule has 0 amide bonds. The highest BCUT2D eigenvalue weighted by Gasteiger charge is 2.18. The third-order valence-electron chi connectivity index (χ3n) is 4.53. The summed E-state index contributed by atoms with van der Waals surface area (Å²) in [7, 11) is -3.73. The summed E-state index contributed by atoms with van der Waals surface area (Å²) in [5.41, 5.74) is 3.81. The minimum Gasteiger partial charge on any atom is -0.289 e. The van der Waals surface area contributed by atoms with Crippen molar-refractivity contribution in [1.29, 1.82) is 0 Å². The highest BCUT2D eigenvalue weighted by molar-refractivity contribution is 7.89. The van der Waals surface area contributed by atoms with Crippen molar-refractivity contribution in [3.8, 4) is 0 Å². The first-order valence-electron chi connectivity index (χ1n) is 9.28. The number of carbonyl (C=O) groups excluding carboxylic acids is 1. The summed E-state index contributed by atoms with van der Waals surface area (Å²) in [6.45, 7) is 3.78. The largest absolute Gasteiger partial charge is 0.289 e. The lowest BCUT2D eigenvalue weighted by atomic mass is 10.0. The molecule has 0 fully saturated rings. The second-order valence-corrected chi connectivity index (χ2v) is 8.68. The van der Waals surface area contributed by atoms with Crippen LogP contribution in [-0.4, -0.2) is 20.7 Å². The van der Waals surface area contributed by atoms with Crippen LogP contribution in [0, 0.1) is 13.8 Å². The maximum Gasteiger partial charge on any atom is 0.240 e. The standard InChI is InChI=1S/C24H23NO3S/c1-18-8-12-20(13-9-18)16-22(24(26)21-6-4-3-5-7-21)17-25-29(27,28)23-14-10-19(2)11-15-23/h3-16,25H,17H2,1-2H3/b22-16+. The van der Waals surface area contributed by atoms with Gasteiger partial charge in [-0.2, -0.15) is 0 Å². The molecule has 3 aromatic carbocycles. The predicted octanol–water partition coefficient (Wildman–Crippen LogP) is 4.55. The molecular weight excluding hydrogens is 382 g/mol. The summed E-state index contributed by atoms with van der Waals surface area (Å²) in [4.78, 5) is 13.2. The van der Waals surface area contributed by atoms with Gasteiger partial charge in [-0.05, 0) is 37.6 Å². The van der Waals surface area contributed by atoms with Crippen LogP contribution in [0.25, 0.3) is 6.08 Å². The molecule has 29 heavy (non-hydrogen) atoms. The molecule has 0 aliphatic carbocycles. The van der Waals surface area contributed by atoms with Crippen molar-refractivity contribution in [2.24, 2.45) is 0 Å². The first kappa shape index (κ1) is 20.7. The second-order valence-electron chi connectivity index (χ2n) is 6.91. The molecule has 0 atom stereocenters. The molecule has 5 heteroatoms. The van der Waals surface area contributed by atoms with Gasteiger partial charge in [0.05, 0.1) is 4.90 Å². The summed E-state index contributed by atoms with van der Waals surface area (Å²) in [5.74, 6) is -0.210. The molecule has 0 heterocycles. The third-order valence-corrected chi connectivity index (χ3v) is 5.95. The van der Waals surface area contributed by atoms with Crippen molar-refractivity contribution in [3.63, 3.8) is 0 Å². The number of carbonyl (C=O) groups is 1. The van der Waals surface area contributed by atoms with Crippen LogP contribution < -0.4 is 4.72 Å². The van der Waals surface area contributed by atoms with E-state index in [-0.39, 0.29) is 17.2 Å². The van der Waals surface area contributed by atoms with Gasteiger partial charge in [0.2, 0.25) is 10.0 Å². The number of ketones is 1. The van der Waals surface area contributed by atoms with E-state index in [0.717, 1.165) is 16.7 Å². The molecule has 0 saturated carbocycles. The Labute approximate surface area is 172 Å². The Hall–Kier alpha value is -3.02.